The summed E-state index contributed by atoms with van der Waals surface area (Å²) in [5, 5.41) is 10.0. The zero-order valence-electron chi connectivity index (χ0n) is 18.4. The van der Waals surface area contributed by atoms with Gasteiger partial charge in [0.1, 0.15) is 5.92 Å². The van der Waals surface area contributed by atoms with Crippen molar-refractivity contribution >= 4 is 17.5 Å². The molecule has 0 saturated heterocycles. The summed E-state index contributed by atoms with van der Waals surface area (Å²) in [6, 6.07) is 4.97. The molecule has 1 aromatic rings. The van der Waals surface area contributed by atoms with Gasteiger partial charge in [-0.25, -0.2) is 0 Å². The molecule has 6 nitrogen and oxygen atoms in total. The number of aliphatic imine (C=N–C) groups is 1. The number of ether oxygens (including phenoxy) is 2. The second-order valence-electron chi connectivity index (χ2n) is 8.96. The molecule has 162 valence electrons. The van der Waals surface area contributed by atoms with Crippen molar-refractivity contribution in [2.45, 2.75) is 59.3 Å². The number of Topliss-reactive ketones (excluding diaryl/α,β-unsaturated/α-hetero) is 1. The number of aromatic hydroxyl groups is 1. The number of rotatable bonds is 6. The largest absolute Gasteiger partial charge is 0.504 e. The molecule has 1 unspecified atom stereocenters. The second-order valence-corrected chi connectivity index (χ2v) is 8.96. The normalized spacial score (nSPS) is 23.0. The molecule has 1 N–H and O–H groups in total. The lowest BCUT2D eigenvalue weighted by Gasteiger charge is -2.39. The summed E-state index contributed by atoms with van der Waals surface area (Å²) in [4.78, 5) is 31.0. The topological polar surface area (TPSA) is 85.2 Å². The fourth-order valence-electron chi connectivity index (χ4n) is 4.41. The first-order valence-electron chi connectivity index (χ1n) is 10.5. The van der Waals surface area contributed by atoms with E-state index in [9.17, 15) is 14.7 Å². The van der Waals surface area contributed by atoms with E-state index in [-0.39, 0.29) is 22.9 Å². The van der Waals surface area contributed by atoms with Gasteiger partial charge in [0.05, 0.1) is 13.7 Å². The zero-order chi connectivity index (χ0) is 22.1. The van der Waals surface area contributed by atoms with Crippen LogP contribution in [-0.4, -0.2) is 36.3 Å². The van der Waals surface area contributed by atoms with E-state index in [1.165, 1.54) is 13.2 Å². The van der Waals surface area contributed by atoms with E-state index in [0.29, 0.717) is 36.5 Å². The molecular formula is C24H31NO5. The van der Waals surface area contributed by atoms with Gasteiger partial charge in [-0.05, 0) is 42.9 Å². The van der Waals surface area contributed by atoms with Crippen molar-refractivity contribution < 1.29 is 24.2 Å². The monoisotopic (exact) mass is 413 g/mol. The molecule has 0 aromatic heterocycles. The predicted octanol–water partition coefficient (Wildman–Crippen LogP) is 4.56. The quantitative estimate of drug-likeness (QED) is 0.546. The number of nitrogens with zero attached hydrogens (tertiary/aromatic N) is 1. The Morgan fingerprint density at radius 3 is 2.70 bits per heavy atom. The van der Waals surface area contributed by atoms with Crippen molar-refractivity contribution in [2.75, 3.05) is 13.7 Å². The summed E-state index contributed by atoms with van der Waals surface area (Å²) in [6.45, 7) is 8.32. The van der Waals surface area contributed by atoms with Gasteiger partial charge in [0.25, 0.3) is 0 Å². The molecule has 2 aliphatic rings. The number of ketones is 1. The number of allylic oxidation sites excluding steroid dienone is 2. The molecule has 0 fully saturated rings. The van der Waals surface area contributed by atoms with E-state index >= 15 is 0 Å². The van der Waals surface area contributed by atoms with Crippen LogP contribution in [0.3, 0.4) is 0 Å². The highest BCUT2D eigenvalue weighted by Gasteiger charge is 2.46. The van der Waals surface area contributed by atoms with Crippen LogP contribution in [0, 0.1) is 11.3 Å². The van der Waals surface area contributed by atoms with Crippen LogP contribution in [0.4, 0.5) is 0 Å². The standard InChI is InChI=1S/C24H31NO5/c1-6-7-10-30-23(28)20-14(2)25-16-12-24(3,4)13-18(27)22(16)21(20)15-8-9-17(26)19(11-15)29-5/h8-9,11,20-21,26H,6-7,10,12-13H2,1-5H3/t20?,21-/m1/s1. The lowest BCUT2D eigenvalue weighted by atomic mass is 9.67. The van der Waals surface area contributed by atoms with Gasteiger partial charge in [0.2, 0.25) is 0 Å². The molecule has 0 saturated carbocycles. The van der Waals surface area contributed by atoms with E-state index in [1.807, 2.05) is 13.8 Å². The Balaban J connectivity index is 2.11. The van der Waals surface area contributed by atoms with Crippen molar-refractivity contribution in [2.24, 2.45) is 16.3 Å². The first kappa shape index (κ1) is 22.1. The van der Waals surface area contributed by atoms with E-state index in [0.717, 1.165) is 24.1 Å². The number of phenols is 1. The summed E-state index contributed by atoms with van der Waals surface area (Å²) < 4.78 is 10.8. The van der Waals surface area contributed by atoms with Gasteiger partial charge in [-0.2, -0.15) is 0 Å². The minimum Gasteiger partial charge on any atom is -0.504 e. The number of esters is 1. The molecule has 0 bridgehead atoms. The molecular weight excluding hydrogens is 382 g/mol. The number of carbonyl (C=O) groups excluding carboxylic acids is 2. The Hall–Kier alpha value is -2.63. The maximum atomic E-state index is 13.2. The third-order valence-corrected chi connectivity index (χ3v) is 5.86. The minimum absolute atomic E-state index is 0.00910. The van der Waals surface area contributed by atoms with Crippen LogP contribution in [0.25, 0.3) is 0 Å². The van der Waals surface area contributed by atoms with E-state index < -0.39 is 11.8 Å². The molecule has 3 rings (SSSR count). The number of hydrogen-bond acceptors (Lipinski definition) is 6. The minimum atomic E-state index is -0.681. The third-order valence-electron chi connectivity index (χ3n) is 5.86. The van der Waals surface area contributed by atoms with Gasteiger partial charge in [-0.3, -0.25) is 14.6 Å². The highest BCUT2D eigenvalue weighted by atomic mass is 16.5. The number of unbranched alkanes of at least 4 members (excludes halogenated alkanes) is 1. The number of methoxy groups -OCH3 is 1. The summed E-state index contributed by atoms with van der Waals surface area (Å²) in [6.07, 6.45) is 2.79. The number of hydrogen-bond donors (Lipinski definition) is 1. The SMILES string of the molecule is CCCCOC(=O)C1C(C)=NC2=C(C(=O)CC(C)(C)C2)[C@@H]1c1ccc(O)c(OC)c1. The summed E-state index contributed by atoms with van der Waals surface area (Å²) in [7, 11) is 1.47. The molecule has 1 aliphatic heterocycles. The van der Waals surface area contributed by atoms with Crippen molar-refractivity contribution in [3.8, 4) is 11.5 Å². The number of carbonyl (C=O) groups is 2. The van der Waals surface area contributed by atoms with Crippen LogP contribution < -0.4 is 4.74 Å². The molecule has 0 amide bonds. The van der Waals surface area contributed by atoms with Gasteiger partial charge in [0, 0.05) is 29.3 Å². The lowest BCUT2D eigenvalue weighted by Crippen LogP contribution is -2.39. The van der Waals surface area contributed by atoms with E-state index in [4.69, 9.17) is 14.5 Å². The van der Waals surface area contributed by atoms with Crippen molar-refractivity contribution in [3.05, 3.63) is 35.0 Å². The Morgan fingerprint density at radius 2 is 2.03 bits per heavy atom. The maximum Gasteiger partial charge on any atom is 0.315 e. The van der Waals surface area contributed by atoms with Crippen molar-refractivity contribution in [1.29, 1.82) is 0 Å². The van der Waals surface area contributed by atoms with Crippen LogP contribution >= 0.6 is 0 Å². The molecule has 0 radical (unpaired) electrons. The molecule has 6 heteroatoms. The lowest BCUT2D eigenvalue weighted by molar-refractivity contribution is -0.146. The van der Waals surface area contributed by atoms with Gasteiger partial charge >= 0.3 is 5.97 Å². The van der Waals surface area contributed by atoms with Gasteiger partial charge < -0.3 is 14.6 Å². The van der Waals surface area contributed by atoms with Crippen LogP contribution in [0.1, 0.15) is 64.9 Å². The fraction of sp³-hybridized carbons (Fsp3) is 0.542. The van der Waals surface area contributed by atoms with Crippen LogP contribution in [0.2, 0.25) is 0 Å². The molecule has 2 atom stereocenters. The van der Waals surface area contributed by atoms with Gasteiger partial charge in [0.15, 0.2) is 17.3 Å². The first-order valence-corrected chi connectivity index (χ1v) is 10.5. The molecule has 1 aliphatic carbocycles. The summed E-state index contributed by atoms with van der Waals surface area (Å²) >= 11 is 0. The molecule has 30 heavy (non-hydrogen) atoms. The average Bonchev–Trinajstić information content (AvgIpc) is 2.66. The number of benzene rings is 1. The summed E-state index contributed by atoms with van der Waals surface area (Å²) in [5.41, 5.74) is 2.55. The van der Waals surface area contributed by atoms with Gasteiger partial charge in [-0.1, -0.05) is 33.3 Å². The average molecular weight is 414 g/mol. The highest BCUT2D eigenvalue weighted by Crippen LogP contribution is 2.48. The summed E-state index contributed by atoms with van der Waals surface area (Å²) in [5.74, 6) is -1.23. The Kier molecular flexibility index (Phi) is 6.34. The maximum absolute atomic E-state index is 13.2. The van der Waals surface area contributed by atoms with Crippen LogP contribution in [0.15, 0.2) is 34.5 Å². The van der Waals surface area contributed by atoms with Crippen molar-refractivity contribution in [3.63, 3.8) is 0 Å². The van der Waals surface area contributed by atoms with Crippen LogP contribution in [-0.2, 0) is 14.3 Å². The molecule has 1 heterocycles. The van der Waals surface area contributed by atoms with E-state index in [1.54, 1.807) is 12.1 Å². The van der Waals surface area contributed by atoms with Crippen LogP contribution in [0.5, 0.6) is 11.5 Å². The Labute approximate surface area is 178 Å². The Morgan fingerprint density at radius 1 is 1.30 bits per heavy atom. The zero-order valence-corrected chi connectivity index (χ0v) is 18.4. The van der Waals surface area contributed by atoms with Crippen molar-refractivity contribution in [1.82, 2.24) is 0 Å². The fourth-order valence-corrected chi connectivity index (χ4v) is 4.41. The molecule has 1 aromatic carbocycles. The molecule has 0 spiro atoms. The first-order chi connectivity index (χ1) is 14.2. The highest BCUT2D eigenvalue weighted by molar-refractivity contribution is 6.09. The smallest absolute Gasteiger partial charge is 0.315 e. The predicted molar refractivity (Wildman–Crippen MR) is 115 cm³/mol. The third kappa shape index (κ3) is 4.27. The van der Waals surface area contributed by atoms with Gasteiger partial charge in [-0.15, -0.1) is 0 Å². The van der Waals surface area contributed by atoms with E-state index in [2.05, 4.69) is 13.8 Å². The number of phenolic OH excluding ortho intramolecular Hbond substituents is 1. The Bertz CT molecular complexity index is 912. The second kappa shape index (κ2) is 8.62.